The topological polar surface area (TPSA) is 96.7 Å². The maximum absolute atomic E-state index is 12.8. The van der Waals surface area contributed by atoms with E-state index in [0.29, 0.717) is 16.9 Å². The van der Waals surface area contributed by atoms with Crippen LogP contribution in [-0.4, -0.2) is 28.7 Å². The highest BCUT2D eigenvalue weighted by Crippen LogP contribution is 2.38. The fourth-order valence-corrected chi connectivity index (χ4v) is 4.37. The maximum Gasteiger partial charge on any atom is 0.250 e. The number of alkyl halides is 1. The molecule has 0 radical (unpaired) electrons. The third-order valence-corrected chi connectivity index (χ3v) is 5.82. The monoisotopic (exact) mass is 449 g/mol. The van der Waals surface area contributed by atoms with E-state index in [2.05, 4.69) is 27.0 Å². The number of carbonyl (C=O) groups excluding carboxylic acids is 1. The zero-order valence-electron chi connectivity index (χ0n) is 18.1. The van der Waals surface area contributed by atoms with E-state index >= 15 is 0 Å². The van der Waals surface area contributed by atoms with Gasteiger partial charge in [0.2, 0.25) is 0 Å². The van der Waals surface area contributed by atoms with E-state index in [9.17, 15) is 9.18 Å². The number of amides is 1. The summed E-state index contributed by atoms with van der Waals surface area (Å²) in [4.78, 5) is 16.2. The van der Waals surface area contributed by atoms with Crippen molar-refractivity contribution in [2.75, 3.05) is 18.5 Å². The van der Waals surface area contributed by atoms with Crippen molar-refractivity contribution < 1.29 is 9.18 Å². The van der Waals surface area contributed by atoms with Gasteiger partial charge in [-0.25, -0.2) is 9.37 Å². The number of anilines is 1. The first-order valence-corrected chi connectivity index (χ1v) is 10.7. The Balaban J connectivity index is 1.79. The first-order valence-electron chi connectivity index (χ1n) is 10.7. The number of nitrogens with two attached hydrogens (primary N) is 1. The Hall–Kier alpha value is -4.70. The zero-order valence-corrected chi connectivity index (χ0v) is 18.1. The fraction of sp³-hybridized carbons (Fsp3) is 0.0741. The summed E-state index contributed by atoms with van der Waals surface area (Å²) in [6, 6.07) is 25.1. The number of para-hydroxylation sites is 1. The predicted molar refractivity (Wildman–Crippen MR) is 132 cm³/mol. The molecule has 0 saturated carbocycles. The van der Waals surface area contributed by atoms with Crippen molar-refractivity contribution in [2.24, 2.45) is 5.73 Å². The van der Waals surface area contributed by atoms with Gasteiger partial charge >= 0.3 is 0 Å². The van der Waals surface area contributed by atoms with E-state index in [-0.39, 0.29) is 6.54 Å². The van der Waals surface area contributed by atoms with Crippen LogP contribution in [0.4, 0.5) is 10.1 Å². The number of nitrogens with one attached hydrogen (secondary N) is 1. The van der Waals surface area contributed by atoms with Crippen LogP contribution in [0.2, 0.25) is 0 Å². The summed E-state index contributed by atoms with van der Waals surface area (Å²) >= 11 is 0. The van der Waals surface area contributed by atoms with Crippen LogP contribution in [0.25, 0.3) is 38.6 Å². The largest absolute Gasteiger partial charge is 0.382 e. The van der Waals surface area contributed by atoms with Crippen LogP contribution in [0.5, 0.6) is 0 Å². The van der Waals surface area contributed by atoms with Gasteiger partial charge in [-0.2, -0.15) is 5.26 Å². The number of carbonyl (C=O) groups is 1. The van der Waals surface area contributed by atoms with Gasteiger partial charge in [-0.1, -0.05) is 30.3 Å². The number of primary amides is 1. The molecule has 0 fully saturated rings. The quantitative estimate of drug-likeness (QED) is 0.372. The van der Waals surface area contributed by atoms with Gasteiger partial charge in [0, 0.05) is 40.5 Å². The second-order valence-corrected chi connectivity index (χ2v) is 7.81. The number of pyridine rings is 1. The molecule has 5 aromatic rings. The SMILES string of the molecule is N#Cc1ccc(-c2cccc3c2c2ccccc2n3-c2ccc(C(N)=O)c(NCCF)c2)cn1. The van der Waals surface area contributed by atoms with E-state index in [1.807, 2.05) is 54.6 Å². The van der Waals surface area contributed by atoms with Crippen LogP contribution < -0.4 is 11.1 Å². The molecule has 34 heavy (non-hydrogen) atoms. The number of nitriles is 1. The van der Waals surface area contributed by atoms with Crippen molar-refractivity contribution in [2.45, 2.75) is 0 Å². The fourth-order valence-electron chi connectivity index (χ4n) is 4.37. The highest BCUT2D eigenvalue weighted by atomic mass is 19.1. The second-order valence-electron chi connectivity index (χ2n) is 7.81. The van der Waals surface area contributed by atoms with Gasteiger partial charge in [-0.15, -0.1) is 0 Å². The molecule has 1 amide bonds. The van der Waals surface area contributed by atoms with Gasteiger partial charge in [-0.05, 0) is 48.0 Å². The van der Waals surface area contributed by atoms with Crippen LogP contribution in [0.15, 0.2) is 79.0 Å². The second kappa shape index (κ2) is 8.68. The van der Waals surface area contributed by atoms with Gasteiger partial charge in [0.25, 0.3) is 5.91 Å². The molecule has 0 atom stereocenters. The number of nitrogens with zero attached hydrogens (tertiary/aromatic N) is 3. The molecule has 7 heteroatoms. The molecule has 3 aromatic carbocycles. The lowest BCUT2D eigenvalue weighted by molar-refractivity contribution is 0.100. The molecule has 0 aliphatic rings. The minimum atomic E-state index is -0.578. The molecule has 0 unspecified atom stereocenters. The van der Waals surface area contributed by atoms with Crippen LogP contribution >= 0.6 is 0 Å². The summed E-state index contributed by atoms with van der Waals surface area (Å²) in [6.07, 6.45) is 1.71. The van der Waals surface area contributed by atoms with Crippen molar-refractivity contribution in [3.8, 4) is 22.9 Å². The van der Waals surface area contributed by atoms with Crippen LogP contribution in [0.3, 0.4) is 0 Å². The minimum absolute atomic E-state index is 0.0761. The molecule has 0 bridgehead atoms. The smallest absolute Gasteiger partial charge is 0.250 e. The molecule has 0 spiro atoms. The van der Waals surface area contributed by atoms with Crippen molar-refractivity contribution in [3.63, 3.8) is 0 Å². The van der Waals surface area contributed by atoms with Gasteiger partial charge in [0.1, 0.15) is 18.4 Å². The van der Waals surface area contributed by atoms with Crippen LogP contribution in [0.1, 0.15) is 16.1 Å². The Kier molecular flexibility index (Phi) is 5.40. The summed E-state index contributed by atoms with van der Waals surface area (Å²) in [5.41, 5.74) is 11.3. The molecule has 2 heterocycles. The number of hydrogen-bond donors (Lipinski definition) is 2. The number of halogens is 1. The Labute approximate surface area is 195 Å². The lowest BCUT2D eigenvalue weighted by Crippen LogP contribution is -2.15. The van der Waals surface area contributed by atoms with Crippen LogP contribution in [0, 0.1) is 11.3 Å². The maximum atomic E-state index is 12.8. The molecule has 6 nitrogen and oxygen atoms in total. The standard InChI is InChI=1S/C27H20FN5O/c28-12-13-31-23-14-19(10-11-21(23)27(30)34)33-24-6-2-1-4-22(24)26-20(5-3-7-25(26)33)17-8-9-18(15-29)32-16-17/h1-11,14,16,31H,12-13H2,(H2,30,34). The number of aromatic nitrogens is 2. The molecule has 166 valence electrons. The molecule has 2 aromatic heterocycles. The summed E-state index contributed by atoms with van der Waals surface area (Å²) in [6.45, 7) is -0.494. The lowest BCUT2D eigenvalue weighted by atomic mass is 10.0. The first-order chi connectivity index (χ1) is 16.6. The molecular weight excluding hydrogens is 429 g/mol. The van der Waals surface area contributed by atoms with E-state index in [1.165, 1.54) is 0 Å². The third kappa shape index (κ3) is 3.51. The predicted octanol–water partition coefficient (Wildman–Crippen LogP) is 5.20. The third-order valence-electron chi connectivity index (χ3n) is 5.82. The van der Waals surface area contributed by atoms with E-state index in [1.54, 1.807) is 18.3 Å². The van der Waals surface area contributed by atoms with E-state index < -0.39 is 12.6 Å². The molecule has 3 N–H and O–H groups in total. The van der Waals surface area contributed by atoms with E-state index in [4.69, 9.17) is 11.0 Å². The summed E-state index contributed by atoms with van der Waals surface area (Å²) in [5.74, 6) is -0.578. The molecular formula is C27H20FN5O. The molecule has 0 aliphatic carbocycles. The first kappa shape index (κ1) is 21.2. The Morgan fingerprint density at radius 2 is 1.88 bits per heavy atom. The van der Waals surface area contributed by atoms with Crippen molar-refractivity contribution in [1.29, 1.82) is 5.26 Å². The number of benzene rings is 3. The number of rotatable bonds is 6. The summed E-state index contributed by atoms with van der Waals surface area (Å²) < 4.78 is 15.0. The number of hydrogen-bond acceptors (Lipinski definition) is 4. The molecule has 0 saturated heterocycles. The normalized spacial score (nSPS) is 10.9. The van der Waals surface area contributed by atoms with Crippen molar-refractivity contribution >= 4 is 33.4 Å². The highest BCUT2D eigenvalue weighted by molar-refractivity contribution is 6.15. The molecule has 5 rings (SSSR count). The Bertz CT molecular complexity index is 1580. The van der Waals surface area contributed by atoms with Gasteiger partial charge in [0.05, 0.1) is 16.6 Å². The minimum Gasteiger partial charge on any atom is -0.382 e. The number of fused-ring (bicyclic) bond motifs is 3. The van der Waals surface area contributed by atoms with Gasteiger partial charge in [0.15, 0.2) is 0 Å². The highest BCUT2D eigenvalue weighted by Gasteiger charge is 2.17. The average molecular weight is 449 g/mol. The summed E-state index contributed by atoms with van der Waals surface area (Å²) in [5, 5.41) is 14.2. The summed E-state index contributed by atoms with van der Waals surface area (Å²) in [7, 11) is 0. The van der Waals surface area contributed by atoms with Crippen LogP contribution in [-0.2, 0) is 0 Å². The van der Waals surface area contributed by atoms with Gasteiger partial charge < -0.3 is 15.6 Å². The van der Waals surface area contributed by atoms with Gasteiger partial charge in [-0.3, -0.25) is 4.79 Å². The Morgan fingerprint density at radius 1 is 1.06 bits per heavy atom. The van der Waals surface area contributed by atoms with E-state index in [0.717, 1.165) is 38.6 Å². The zero-order chi connectivity index (χ0) is 23.7. The molecule has 0 aliphatic heterocycles. The van der Waals surface area contributed by atoms with Crippen molar-refractivity contribution in [3.05, 3.63) is 90.3 Å². The lowest BCUT2D eigenvalue weighted by Gasteiger charge is -2.14. The average Bonchev–Trinajstić information content (AvgIpc) is 3.22. The Morgan fingerprint density at radius 3 is 2.62 bits per heavy atom. The van der Waals surface area contributed by atoms with Crippen molar-refractivity contribution in [1.82, 2.24) is 9.55 Å².